The van der Waals surface area contributed by atoms with Crippen molar-refractivity contribution in [3.05, 3.63) is 29.8 Å². The van der Waals surface area contributed by atoms with Crippen molar-refractivity contribution >= 4 is 5.96 Å². The molecule has 0 bridgehead atoms. The fourth-order valence-electron chi connectivity index (χ4n) is 4.02. The third-order valence-electron chi connectivity index (χ3n) is 5.30. The quantitative estimate of drug-likeness (QED) is 0.415. The van der Waals surface area contributed by atoms with Crippen LogP contribution in [0.25, 0.3) is 0 Å². The van der Waals surface area contributed by atoms with Gasteiger partial charge in [-0.3, -0.25) is 4.99 Å². The SMILES string of the molecule is CCNC(=NCCOCCOC)NC1CC2(CCCC2)Oc2ccccc21. The molecule has 2 N–H and O–H groups in total. The third kappa shape index (κ3) is 5.36. The van der Waals surface area contributed by atoms with Crippen LogP contribution < -0.4 is 15.4 Å². The standard InChI is InChI=1S/C21H33N3O3/c1-3-22-20(23-12-13-26-15-14-25-2)24-18-16-21(10-6-7-11-21)27-19-9-5-4-8-17(18)19/h4-5,8-9,18H,3,6-7,10-16H2,1-2H3,(H2,22,23,24). The first-order chi connectivity index (χ1) is 13.3. The van der Waals surface area contributed by atoms with Crippen LogP contribution in [0.3, 0.4) is 0 Å². The number of ether oxygens (including phenoxy) is 3. The molecule has 2 aliphatic rings. The maximum Gasteiger partial charge on any atom is 0.191 e. The lowest BCUT2D eigenvalue weighted by Crippen LogP contribution is -2.46. The average molecular weight is 376 g/mol. The van der Waals surface area contributed by atoms with Crippen molar-refractivity contribution in [2.75, 3.05) is 40.0 Å². The van der Waals surface area contributed by atoms with Gasteiger partial charge in [-0.2, -0.15) is 0 Å². The predicted molar refractivity (Wildman–Crippen MR) is 107 cm³/mol. The van der Waals surface area contributed by atoms with E-state index in [1.54, 1.807) is 7.11 Å². The highest BCUT2D eigenvalue weighted by Crippen LogP contribution is 2.46. The fourth-order valence-corrected chi connectivity index (χ4v) is 4.02. The van der Waals surface area contributed by atoms with E-state index >= 15 is 0 Å². The van der Waals surface area contributed by atoms with Gasteiger partial charge in [-0.15, -0.1) is 0 Å². The van der Waals surface area contributed by atoms with Gasteiger partial charge in [0.1, 0.15) is 11.4 Å². The first-order valence-electron chi connectivity index (χ1n) is 10.2. The summed E-state index contributed by atoms with van der Waals surface area (Å²) in [7, 11) is 1.68. The lowest BCUT2D eigenvalue weighted by atomic mass is 9.86. The molecule has 0 amide bonds. The minimum atomic E-state index is -0.0212. The number of rotatable bonds is 8. The number of methoxy groups -OCH3 is 1. The number of nitrogens with zero attached hydrogens (tertiary/aromatic N) is 1. The van der Waals surface area contributed by atoms with Crippen molar-refractivity contribution in [3.63, 3.8) is 0 Å². The first kappa shape index (κ1) is 20.0. The van der Waals surface area contributed by atoms with E-state index in [4.69, 9.17) is 14.2 Å². The van der Waals surface area contributed by atoms with E-state index in [1.807, 2.05) is 0 Å². The van der Waals surface area contributed by atoms with Crippen molar-refractivity contribution in [1.82, 2.24) is 10.6 Å². The Morgan fingerprint density at radius 3 is 2.81 bits per heavy atom. The number of nitrogens with one attached hydrogen (secondary N) is 2. The maximum absolute atomic E-state index is 6.46. The minimum absolute atomic E-state index is 0.0212. The summed E-state index contributed by atoms with van der Waals surface area (Å²) in [5.41, 5.74) is 1.20. The number of fused-ring (bicyclic) bond motifs is 1. The van der Waals surface area contributed by atoms with Gasteiger partial charge in [0.25, 0.3) is 0 Å². The fraction of sp³-hybridized carbons (Fsp3) is 0.667. The summed E-state index contributed by atoms with van der Waals surface area (Å²) in [6, 6.07) is 8.60. The van der Waals surface area contributed by atoms with Gasteiger partial charge in [-0.1, -0.05) is 18.2 Å². The summed E-state index contributed by atoms with van der Waals surface area (Å²) in [5.74, 6) is 1.85. The van der Waals surface area contributed by atoms with Crippen LogP contribution in [0, 0.1) is 0 Å². The number of para-hydroxylation sites is 1. The van der Waals surface area contributed by atoms with Gasteiger partial charge in [-0.25, -0.2) is 0 Å². The molecule has 1 heterocycles. The van der Waals surface area contributed by atoms with Gasteiger partial charge >= 0.3 is 0 Å². The molecule has 1 aliphatic heterocycles. The molecule has 27 heavy (non-hydrogen) atoms. The summed E-state index contributed by atoms with van der Waals surface area (Å²) in [6.45, 7) is 5.34. The summed E-state index contributed by atoms with van der Waals surface area (Å²) >= 11 is 0. The summed E-state index contributed by atoms with van der Waals surface area (Å²) in [6.07, 6.45) is 5.77. The Morgan fingerprint density at radius 1 is 1.22 bits per heavy atom. The molecule has 6 nitrogen and oxygen atoms in total. The second-order valence-electron chi connectivity index (χ2n) is 7.30. The normalized spacial score (nSPS) is 21.0. The van der Waals surface area contributed by atoms with Crippen LogP contribution in [0.1, 0.15) is 50.6 Å². The van der Waals surface area contributed by atoms with Crippen LogP contribution in [0.2, 0.25) is 0 Å². The molecule has 0 radical (unpaired) electrons. The zero-order valence-electron chi connectivity index (χ0n) is 16.6. The summed E-state index contributed by atoms with van der Waals surface area (Å²) in [4.78, 5) is 4.68. The number of hydrogen-bond acceptors (Lipinski definition) is 4. The van der Waals surface area contributed by atoms with Crippen molar-refractivity contribution in [1.29, 1.82) is 0 Å². The number of hydrogen-bond donors (Lipinski definition) is 2. The van der Waals surface area contributed by atoms with Gasteiger partial charge in [0.15, 0.2) is 5.96 Å². The van der Waals surface area contributed by atoms with Crippen molar-refractivity contribution < 1.29 is 14.2 Å². The molecule has 1 aliphatic carbocycles. The highest BCUT2D eigenvalue weighted by Gasteiger charge is 2.43. The minimum Gasteiger partial charge on any atom is -0.487 e. The maximum atomic E-state index is 6.46. The smallest absolute Gasteiger partial charge is 0.191 e. The lowest BCUT2D eigenvalue weighted by Gasteiger charge is -2.40. The van der Waals surface area contributed by atoms with Gasteiger partial charge in [0, 0.05) is 25.6 Å². The van der Waals surface area contributed by atoms with Crippen LogP contribution in [-0.2, 0) is 9.47 Å². The summed E-state index contributed by atoms with van der Waals surface area (Å²) < 4.78 is 17.0. The monoisotopic (exact) mass is 375 g/mol. The van der Waals surface area contributed by atoms with Crippen LogP contribution >= 0.6 is 0 Å². The highest BCUT2D eigenvalue weighted by molar-refractivity contribution is 5.80. The molecule has 1 fully saturated rings. The zero-order valence-corrected chi connectivity index (χ0v) is 16.6. The van der Waals surface area contributed by atoms with Crippen LogP contribution in [0.5, 0.6) is 5.75 Å². The highest BCUT2D eigenvalue weighted by atomic mass is 16.5. The molecular formula is C21H33N3O3. The van der Waals surface area contributed by atoms with Gasteiger partial charge in [0.2, 0.25) is 0 Å². The molecule has 1 aromatic carbocycles. The van der Waals surface area contributed by atoms with E-state index in [0.29, 0.717) is 26.4 Å². The van der Waals surface area contributed by atoms with E-state index in [9.17, 15) is 0 Å². The topological polar surface area (TPSA) is 64.1 Å². The Bertz CT molecular complexity index is 614. The van der Waals surface area contributed by atoms with E-state index in [0.717, 1.165) is 37.5 Å². The van der Waals surface area contributed by atoms with E-state index in [1.165, 1.54) is 18.4 Å². The Balaban J connectivity index is 1.66. The van der Waals surface area contributed by atoms with Crippen molar-refractivity contribution in [3.8, 4) is 5.75 Å². The Hall–Kier alpha value is -1.79. The molecule has 1 aromatic rings. The number of aliphatic imine (C=N–C) groups is 1. The molecule has 3 rings (SSSR count). The Kier molecular flexibility index (Phi) is 7.35. The van der Waals surface area contributed by atoms with E-state index in [-0.39, 0.29) is 11.6 Å². The van der Waals surface area contributed by atoms with Gasteiger partial charge < -0.3 is 24.8 Å². The van der Waals surface area contributed by atoms with Crippen molar-refractivity contribution in [2.24, 2.45) is 4.99 Å². The van der Waals surface area contributed by atoms with Crippen LogP contribution in [0.4, 0.5) is 0 Å². The second-order valence-corrected chi connectivity index (χ2v) is 7.30. The third-order valence-corrected chi connectivity index (χ3v) is 5.30. The van der Waals surface area contributed by atoms with Crippen LogP contribution in [0.15, 0.2) is 29.3 Å². The number of benzene rings is 1. The van der Waals surface area contributed by atoms with Gasteiger partial charge in [0.05, 0.1) is 32.4 Å². The lowest BCUT2D eigenvalue weighted by molar-refractivity contribution is 0.0395. The molecule has 0 aromatic heterocycles. The van der Waals surface area contributed by atoms with Gasteiger partial charge in [-0.05, 0) is 38.7 Å². The molecule has 1 spiro atoms. The molecule has 6 heteroatoms. The first-order valence-corrected chi connectivity index (χ1v) is 10.2. The molecule has 150 valence electrons. The second kappa shape index (κ2) is 9.95. The largest absolute Gasteiger partial charge is 0.487 e. The molecular weight excluding hydrogens is 342 g/mol. The van der Waals surface area contributed by atoms with Crippen molar-refractivity contribution in [2.45, 2.75) is 50.7 Å². The zero-order chi connectivity index (χ0) is 19.0. The predicted octanol–water partition coefficient (Wildman–Crippen LogP) is 3.04. The molecule has 1 atom stereocenters. The Labute approximate surface area is 162 Å². The van der Waals surface area contributed by atoms with E-state index < -0.39 is 0 Å². The molecule has 1 unspecified atom stereocenters. The molecule has 1 saturated carbocycles. The van der Waals surface area contributed by atoms with Crippen LogP contribution in [-0.4, -0.2) is 51.6 Å². The molecule has 0 saturated heterocycles. The Morgan fingerprint density at radius 2 is 2.04 bits per heavy atom. The van der Waals surface area contributed by atoms with E-state index in [2.05, 4.69) is 46.8 Å². The number of guanidine groups is 1. The summed E-state index contributed by atoms with van der Waals surface area (Å²) in [5, 5.41) is 7.00. The average Bonchev–Trinajstić information content (AvgIpc) is 3.12.